The first kappa shape index (κ1) is 11.5. The largest absolute Gasteiger partial charge is 0.459 e. The van der Waals surface area contributed by atoms with E-state index in [9.17, 15) is 4.79 Å². The Morgan fingerprint density at radius 1 is 1.47 bits per heavy atom. The van der Waals surface area contributed by atoms with Crippen LogP contribution in [0.4, 0.5) is 0 Å². The number of nitrogens with zero attached hydrogens (tertiary/aromatic N) is 1. The average Bonchev–Trinajstić information content (AvgIpc) is 2.21. The van der Waals surface area contributed by atoms with Crippen LogP contribution in [0.2, 0.25) is 5.02 Å². The van der Waals surface area contributed by atoms with E-state index in [0.29, 0.717) is 10.6 Å². The molecule has 80 valence electrons. The highest BCUT2D eigenvalue weighted by Gasteiger charge is 2.06. The summed E-state index contributed by atoms with van der Waals surface area (Å²) in [5.41, 5.74) is 0.935. The average molecular weight is 228 g/mol. The van der Waals surface area contributed by atoms with Gasteiger partial charge in [0, 0.05) is 17.5 Å². The molecule has 0 bridgehead atoms. The van der Waals surface area contributed by atoms with Gasteiger partial charge in [-0.25, -0.2) is 0 Å². The highest BCUT2D eigenvalue weighted by Crippen LogP contribution is 2.10. The van der Waals surface area contributed by atoms with E-state index in [0.717, 1.165) is 0 Å². The lowest BCUT2D eigenvalue weighted by atomic mass is 10.1. The summed E-state index contributed by atoms with van der Waals surface area (Å²) < 4.78 is 4.72. The van der Waals surface area contributed by atoms with Gasteiger partial charge >= 0.3 is 5.97 Å². The summed E-state index contributed by atoms with van der Waals surface area (Å²) in [4.78, 5) is 10.6. The number of ether oxygens (including phenoxy) is 1. The summed E-state index contributed by atoms with van der Waals surface area (Å²) in [6, 6.07) is 6.69. The second-order valence-electron chi connectivity index (χ2n) is 2.83. The SMILES string of the molecule is CC(=O)OCC(=NO)c1ccc(Cl)cc1. The Hall–Kier alpha value is -1.55. The zero-order valence-corrected chi connectivity index (χ0v) is 8.86. The summed E-state index contributed by atoms with van der Waals surface area (Å²) in [6.07, 6.45) is 0. The molecular formula is C10H10ClNO3. The molecule has 1 aromatic rings. The van der Waals surface area contributed by atoms with Crippen molar-refractivity contribution in [3.63, 3.8) is 0 Å². The molecule has 0 aromatic heterocycles. The molecular weight excluding hydrogens is 218 g/mol. The quantitative estimate of drug-likeness (QED) is 0.372. The molecule has 0 heterocycles. The van der Waals surface area contributed by atoms with Gasteiger partial charge in [-0.05, 0) is 12.1 Å². The number of carbonyl (C=O) groups is 1. The fourth-order valence-electron chi connectivity index (χ4n) is 0.982. The standard InChI is InChI=1S/C10H10ClNO3/c1-7(13)15-6-10(12-14)8-2-4-9(11)5-3-8/h2-5,14H,6H2,1H3. The first-order chi connectivity index (χ1) is 7.13. The van der Waals surface area contributed by atoms with Crippen molar-refractivity contribution in [2.24, 2.45) is 5.16 Å². The molecule has 1 N–H and O–H groups in total. The molecule has 4 nitrogen and oxygen atoms in total. The number of halogens is 1. The van der Waals surface area contributed by atoms with Gasteiger partial charge in [0.1, 0.15) is 12.3 Å². The molecule has 15 heavy (non-hydrogen) atoms. The van der Waals surface area contributed by atoms with Crippen molar-refractivity contribution < 1.29 is 14.7 Å². The summed E-state index contributed by atoms with van der Waals surface area (Å²) in [5, 5.41) is 12.4. The van der Waals surface area contributed by atoms with E-state index in [2.05, 4.69) is 5.16 Å². The normalized spacial score (nSPS) is 11.2. The van der Waals surface area contributed by atoms with Crippen LogP contribution in [-0.2, 0) is 9.53 Å². The smallest absolute Gasteiger partial charge is 0.303 e. The Labute approximate surface area is 92.1 Å². The van der Waals surface area contributed by atoms with Gasteiger partial charge in [0.15, 0.2) is 0 Å². The van der Waals surface area contributed by atoms with Gasteiger partial charge in [0.05, 0.1) is 0 Å². The molecule has 0 aliphatic rings. The zero-order valence-electron chi connectivity index (χ0n) is 8.11. The number of oxime groups is 1. The number of esters is 1. The maximum atomic E-state index is 10.6. The van der Waals surface area contributed by atoms with Crippen LogP contribution in [0.1, 0.15) is 12.5 Å². The summed E-state index contributed by atoms with van der Waals surface area (Å²) in [7, 11) is 0. The van der Waals surface area contributed by atoms with E-state index >= 15 is 0 Å². The van der Waals surface area contributed by atoms with E-state index < -0.39 is 5.97 Å². The van der Waals surface area contributed by atoms with E-state index in [4.69, 9.17) is 21.5 Å². The second-order valence-corrected chi connectivity index (χ2v) is 3.27. The highest BCUT2D eigenvalue weighted by molar-refractivity contribution is 6.30. The van der Waals surface area contributed by atoms with Crippen LogP contribution in [0, 0.1) is 0 Å². The third-order valence-electron chi connectivity index (χ3n) is 1.71. The van der Waals surface area contributed by atoms with Crippen molar-refractivity contribution in [2.45, 2.75) is 6.92 Å². The summed E-state index contributed by atoms with van der Waals surface area (Å²) in [6.45, 7) is 1.23. The summed E-state index contributed by atoms with van der Waals surface area (Å²) >= 11 is 5.70. The van der Waals surface area contributed by atoms with Crippen LogP contribution in [0.3, 0.4) is 0 Å². The fourth-order valence-corrected chi connectivity index (χ4v) is 1.11. The molecule has 0 amide bonds. The minimum Gasteiger partial charge on any atom is -0.459 e. The fraction of sp³-hybridized carbons (Fsp3) is 0.200. The van der Waals surface area contributed by atoms with E-state index in [1.165, 1.54) is 6.92 Å². The molecule has 5 heteroatoms. The van der Waals surface area contributed by atoms with Gasteiger partial charge < -0.3 is 9.94 Å². The Bertz CT molecular complexity index is 373. The van der Waals surface area contributed by atoms with Crippen molar-refractivity contribution in [3.8, 4) is 0 Å². The minimum atomic E-state index is -0.426. The van der Waals surface area contributed by atoms with E-state index in [1.807, 2.05) is 0 Å². The van der Waals surface area contributed by atoms with Crippen LogP contribution in [-0.4, -0.2) is 23.5 Å². The van der Waals surface area contributed by atoms with Gasteiger partial charge in [-0.1, -0.05) is 28.9 Å². The third kappa shape index (κ3) is 3.59. The molecule has 1 aromatic carbocycles. The summed E-state index contributed by atoms with van der Waals surface area (Å²) in [5.74, 6) is -0.426. The number of carbonyl (C=O) groups excluding carboxylic acids is 1. The van der Waals surface area contributed by atoms with Gasteiger partial charge in [0.2, 0.25) is 0 Å². The topological polar surface area (TPSA) is 58.9 Å². The maximum absolute atomic E-state index is 10.6. The highest BCUT2D eigenvalue weighted by atomic mass is 35.5. The first-order valence-electron chi connectivity index (χ1n) is 4.23. The molecule has 0 aliphatic carbocycles. The molecule has 0 spiro atoms. The molecule has 0 atom stereocenters. The Kier molecular flexibility index (Phi) is 4.12. The van der Waals surface area contributed by atoms with Crippen LogP contribution in [0.25, 0.3) is 0 Å². The second kappa shape index (κ2) is 5.36. The van der Waals surface area contributed by atoms with Crippen LogP contribution in [0.15, 0.2) is 29.4 Å². The molecule has 1 rings (SSSR count). The molecule has 0 aliphatic heterocycles. The predicted molar refractivity (Wildman–Crippen MR) is 56.4 cm³/mol. The van der Waals surface area contributed by atoms with Crippen molar-refractivity contribution in [1.82, 2.24) is 0 Å². The number of hydrogen-bond donors (Lipinski definition) is 1. The molecule has 0 radical (unpaired) electrons. The third-order valence-corrected chi connectivity index (χ3v) is 1.96. The lowest BCUT2D eigenvalue weighted by molar-refractivity contribution is -0.139. The number of rotatable bonds is 3. The van der Waals surface area contributed by atoms with Gasteiger partial charge in [-0.15, -0.1) is 0 Å². The van der Waals surface area contributed by atoms with E-state index in [-0.39, 0.29) is 12.3 Å². The molecule has 0 unspecified atom stereocenters. The Morgan fingerprint density at radius 3 is 2.53 bits per heavy atom. The first-order valence-corrected chi connectivity index (χ1v) is 4.61. The molecule has 0 fully saturated rings. The lowest BCUT2D eigenvalue weighted by Crippen LogP contribution is -2.13. The van der Waals surface area contributed by atoms with Crippen molar-refractivity contribution in [2.75, 3.05) is 6.61 Å². The molecule has 0 saturated heterocycles. The Morgan fingerprint density at radius 2 is 2.07 bits per heavy atom. The van der Waals surface area contributed by atoms with Gasteiger partial charge in [-0.3, -0.25) is 4.79 Å². The minimum absolute atomic E-state index is 0.0620. The van der Waals surface area contributed by atoms with Crippen molar-refractivity contribution in [1.29, 1.82) is 0 Å². The van der Waals surface area contributed by atoms with Gasteiger partial charge in [0.25, 0.3) is 0 Å². The van der Waals surface area contributed by atoms with Crippen LogP contribution >= 0.6 is 11.6 Å². The predicted octanol–water partition coefficient (Wildman–Crippen LogP) is 2.08. The van der Waals surface area contributed by atoms with Crippen molar-refractivity contribution in [3.05, 3.63) is 34.9 Å². The molecule has 0 saturated carbocycles. The van der Waals surface area contributed by atoms with Crippen molar-refractivity contribution >= 4 is 23.3 Å². The van der Waals surface area contributed by atoms with Crippen LogP contribution in [0.5, 0.6) is 0 Å². The maximum Gasteiger partial charge on any atom is 0.303 e. The monoisotopic (exact) mass is 227 g/mol. The Balaban J connectivity index is 2.75. The number of benzene rings is 1. The number of hydrogen-bond acceptors (Lipinski definition) is 4. The van der Waals surface area contributed by atoms with Gasteiger partial charge in [-0.2, -0.15) is 0 Å². The van der Waals surface area contributed by atoms with Crippen LogP contribution < -0.4 is 0 Å². The van der Waals surface area contributed by atoms with E-state index in [1.54, 1.807) is 24.3 Å². The zero-order chi connectivity index (χ0) is 11.3. The lowest BCUT2D eigenvalue weighted by Gasteiger charge is -2.04.